The molecule has 5 rings (SSSR count). The predicted octanol–water partition coefficient (Wildman–Crippen LogP) is 4.67. The van der Waals surface area contributed by atoms with E-state index in [1.54, 1.807) is 50.3 Å². The highest BCUT2D eigenvalue weighted by molar-refractivity contribution is 7.07. The molecule has 1 atom stereocenters. The Bertz CT molecular complexity index is 1860. The Kier molecular flexibility index (Phi) is 7.71. The fourth-order valence-electron chi connectivity index (χ4n) is 4.71. The monoisotopic (exact) mass is 573 g/mol. The van der Waals surface area contributed by atoms with E-state index in [9.17, 15) is 19.7 Å². The Balaban J connectivity index is 1.61. The first-order valence-electron chi connectivity index (χ1n) is 13.0. The molecule has 3 heterocycles. The third-order valence-electron chi connectivity index (χ3n) is 6.62. The highest BCUT2D eigenvalue weighted by Crippen LogP contribution is 2.32. The van der Waals surface area contributed by atoms with Crippen molar-refractivity contribution in [1.29, 1.82) is 0 Å². The summed E-state index contributed by atoms with van der Waals surface area (Å²) in [7, 11) is 0. The second kappa shape index (κ2) is 11.4. The van der Waals surface area contributed by atoms with Crippen LogP contribution >= 0.6 is 11.3 Å². The molecule has 0 bridgehead atoms. The minimum absolute atomic E-state index is 0.0427. The molecule has 10 nitrogen and oxygen atoms in total. The Morgan fingerprint density at radius 1 is 1.12 bits per heavy atom. The van der Waals surface area contributed by atoms with Crippen molar-refractivity contribution in [3.8, 4) is 17.1 Å². The van der Waals surface area contributed by atoms with E-state index in [4.69, 9.17) is 13.9 Å². The number of aryl methyl sites for hydroxylation is 1. The summed E-state index contributed by atoms with van der Waals surface area (Å²) in [6, 6.07) is 14.5. The number of rotatable bonds is 8. The molecular weight excluding hydrogens is 546 g/mol. The SMILES string of the molecule is CCOC(=O)C1=C(C)N=c2s/c(=C\c3ccc(-c4cc([N+](=O)[O-])ccc4C)o3)c(=O)n2[C@@H]1c1ccc(OCC)cc1. The molecule has 0 radical (unpaired) electrons. The Hall–Kier alpha value is -4.77. The molecule has 0 N–H and O–H groups in total. The van der Waals surface area contributed by atoms with Gasteiger partial charge in [0.15, 0.2) is 4.80 Å². The molecule has 0 spiro atoms. The van der Waals surface area contributed by atoms with Gasteiger partial charge in [0.05, 0.1) is 40.0 Å². The number of benzene rings is 2. The summed E-state index contributed by atoms with van der Waals surface area (Å²) in [6.07, 6.45) is 1.61. The fraction of sp³-hybridized carbons (Fsp3) is 0.233. The smallest absolute Gasteiger partial charge is 0.338 e. The van der Waals surface area contributed by atoms with Gasteiger partial charge >= 0.3 is 5.97 Å². The highest BCUT2D eigenvalue weighted by atomic mass is 32.1. The Morgan fingerprint density at radius 2 is 1.88 bits per heavy atom. The van der Waals surface area contributed by atoms with Gasteiger partial charge in [-0.15, -0.1) is 0 Å². The summed E-state index contributed by atoms with van der Waals surface area (Å²) in [5.41, 5.74) is 2.48. The molecule has 0 fully saturated rings. The highest BCUT2D eigenvalue weighted by Gasteiger charge is 2.33. The van der Waals surface area contributed by atoms with Gasteiger partial charge in [-0.3, -0.25) is 19.5 Å². The zero-order valence-electron chi connectivity index (χ0n) is 22.9. The maximum atomic E-state index is 13.8. The lowest BCUT2D eigenvalue weighted by molar-refractivity contribution is -0.384. The average molecular weight is 574 g/mol. The standard InChI is InChI=1S/C30H27N3O7S/c1-5-38-21-11-8-19(9-12-21)27-26(29(35)39-6-2)18(4)31-30-32(27)28(34)25(41-30)16-22-13-14-24(40-22)23-15-20(33(36)37)10-7-17(23)3/h7-16,27H,5-6H2,1-4H3/b25-16-/t27-/m1/s1. The van der Waals surface area contributed by atoms with Crippen molar-refractivity contribution in [1.82, 2.24) is 4.57 Å². The number of hydrogen-bond acceptors (Lipinski definition) is 9. The summed E-state index contributed by atoms with van der Waals surface area (Å²) in [4.78, 5) is 42.7. The van der Waals surface area contributed by atoms with E-state index in [1.165, 1.54) is 28.0 Å². The molecule has 0 aliphatic carbocycles. The molecular formula is C30H27N3O7S. The molecule has 1 aliphatic heterocycles. The molecule has 2 aromatic heterocycles. The summed E-state index contributed by atoms with van der Waals surface area (Å²) < 4.78 is 18.8. The van der Waals surface area contributed by atoms with Crippen LogP contribution in [0.4, 0.5) is 5.69 Å². The van der Waals surface area contributed by atoms with Crippen LogP contribution in [0.1, 0.15) is 43.7 Å². The number of carbonyl (C=O) groups is 1. The minimum Gasteiger partial charge on any atom is -0.494 e. The van der Waals surface area contributed by atoms with E-state index in [2.05, 4.69) is 4.99 Å². The van der Waals surface area contributed by atoms with E-state index >= 15 is 0 Å². The molecule has 41 heavy (non-hydrogen) atoms. The van der Waals surface area contributed by atoms with Gasteiger partial charge < -0.3 is 13.9 Å². The molecule has 0 unspecified atom stereocenters. The van der Waals surface area contributed by atoms with Crippen LogP contribution in [0.2, 0.25) is 0 Å². The van der Waals surface area contributed by atoms with Gasteiger partial charge in [-0.2, -0.15) is 0 Å². The summed E-state index contributed by atoms with van der Waals surface area (Å²) in [6.45, 7) is 7.87. The number of carbonyl (C=O) groups excluding carboxylic acids is 1. The third kappa shape index (κ3) is 5.36. The summed E-state index contributed by atoms with van der Waals surface area (Å²) >= 11 is 1.18. The maximum Gasteiger partial charge on any atom is 0.338 e. The van der Waals surface area contributed by atoms with E-state index in [1.807, 2.05) is 26.0 Å². The van der Waals surface area contributed by atoms with Crippen molar-refractivity contribution in [2.24, 2.45) is 4.99 Å². The number of allylic oxidation sites excluding steroid dienone is 1. The van der Waals surface area contributed by atoms with Gasteiger partial charge in [0, 0.05) is 23.8 Å². The molecule has 4 aromatic rings. The normalized spacial score (nSPS) is 14.9. The number of furan rings is 1. The first kappa shape index (κ1) is 27.8. The number of nitrogens with zero attached hydrogens (tertiary/aromatic N) is 3. The number of ether oxygens (including phenoxy) is 2. The first-order valence-corrected chi connectivity index (χ1v) is 13.8. The zero-order chi connectivity index (χ0) is 29.3. The molecule has 11 heteroatoms. The third-order valence-corrected chi connectivity index (χ3v) is 7.60. The van der Waals surface area contributed by atoms with Crippen molar-refractivity contribution in [3.63, 3.8) is 0 Å². The number of aromatic nitrogens is 1. The summed E-state index contributed by atoms with van der Waals surface area (Å²) in [5.74, 6) is 0.979. The lowest BCUT2D eigenvalue weighted by atomic mass is 9.96. The predicted molar refractivity (Wildman–Crippen MR) is 154 cm³/mol. The van der Waals surface area contributed by atoms with E-state index in [0.717, 1.165) is 5.56 Å². The number of esters is 1. The van der Waals surface area contributed by atoms with E-state index in [-0.39, 0.29) is 23.4 Å². The van der Waals surface area contributed by atoms with E-state index < -0.39 is 16.9 Å². The fourth-order valence-corrected chi connectivity index (χ4v) is 5.74. The van der Waals surface area contributed by atoms with Gasteiger partial charge in [0.1, 0.15) is 17.3 Å². The van der Waals surface area contributed by atoms with Crippen molar-refractivity contribution < 1.29 is 23.6 Å². The van der Waals surface area contributed by atoms with Crippen molar-refractivity contribution in [2.75, 3.05) is 13.2 Å². The second-order valence-electron chi connectivity index (χ2n) is 9.26. The van der Waals surface area contributed by atoms with Gasteiger partial charge in [-0.1, -0.05) is 29.5 Å². The van der Waals surface area contributed by atoms with Crippen LogP contribution in [0.15, 0.2) is 80.1 Å². The topological polar surface area (TPSA) is 126 Å². The van der Waals surface area contributed by atoms with Gasteiger partial charge in [0.25, 0.3) is 11.2 Å². The quantitative estimate of drug-likeness (QED) is 0.170. The number of non-ortho nitro benzene ring substituents is 1. The summed E-state index contributed by atoms with van der Waals surface area (Å²) in [5, 5.41) is 11.3. The number of nitro groups is 1. The lowest BCUT2D eigenvalue weighted by Crippen LogP contribution is -2.39. The number of nitro benzene ring substituents is 1. The Labute approximate surface area is 238 Å². The molecule has 0 saturated carbocycles. The zero-order valence-corrected chi connectivity index (χ0v) is 23.7. The van der Waals surface area contributed by atoms with Crippen molar-refractivity contribution >= 4 is 29.1 Å². The van der Waals surface area contributed by atoms with Crippen LogP contribution < -0.4 is 19.6 Å². The number of thiazole rings is 1. The van der Waals surface area contributed by atoms with E-state index in [0.29, 0.717) is 50.0 Å². The van der Waals surface area contributed by atoms with Crippen LogP contribution in [0.25, 0.3) is 17.4 Å². The lowest BCUT2D eigenvalue weighted by Gasteiger charge is -2.24. The second-order valence-corrected chi connectivity index (χ2v) is 10.3. The molecule has 210 valence electrons. The molecule has 0 amide bonds. The number of hydrogen-bond donors (Lipinski definition) is 0. The van der Waals surface area contributed by atoms with Crippen LogP contribution in [-0.2, 0) is 9.53 Å². The van der Waals surface area contributed by atoms with Crippen molar-refractivity contribution in [3.05, 3.63) is 113 Å². The van der Waals surface area contributed by atoms with Gasteiger partial charge in [-0.25, -0.2) is 9.79 Å². The molecule has 1 aliphatic rings. The van der Waals surface area contributed by atoms with Crippen LogP contribution in [-0.4, -0.2) is 28.7 Å². The largest absolute Gasteiger partial charge is 0.494 e. The van der Waals surface area contributed by atoms with Crippen LogP contribution in [0, 0.1) is 17.0 Å². The van der Waals surface area contributed by atoms with Gasteiger partial charge in [-0.05, 0) is 63.1 Å². The molecule has 0 saturated heterocycles. The Morgan fingerprint density at radius 3 is 2.56 bits per heavy atom. The maximum absolute atomic E-state index is 13.8. The molecule has 2 aromatic carbocycles. The van der Waals surface area contributed by atoms with Gasteiger partial charge in [0.2, 0.25) is 0 Å². The first-order chi connectivity index (χ1) is 19.7. The van der Waals surface area contributed by atoms with Crippen LogP contribution in [0.5, 0.6) is 5.75 Å². The minimum atomic E-state index is -0.747. The van der Waals surface area contributed by atoms with Crippen LogP contribution in [0.3, 0.4) is 0 Å². The average Bonchev–Trinajstić information content (AvgIpc) is 3.53. The number of fused-ring (bicyclic) bond motifs is 1. The van der Waals surface area contributed by atoms with Crippen molar-refractivity contribution in [2.45, 2.75) is 33.7 Å².